The fourth-order valence-electron chi connectivity index (χ4n) is 2.36. The second-order valence-corrected chi connectivity index (χ2v) is 6.00. The average Bonchev–Trinajstić information content (AvgIpc) is 2.90. The van der Waals surface area contributed by atoms with Gasteiger partial charge in [-0.25, -0.2) is 9.97 Å². The van der Waals surface area contributed by atoms with Crippen LogP contribution in [-0.2, 0) is 0 Å². The Bertz CT molecular complexity index is 887. The van der Waals surface area contributed by atoms with E-state index in [-0.39, 0.29) is 11.9 Å². The van der Waals surface area contributed by atoms with E-state index in [1.807, 2.05) is 31.5 Å². The Morgan fingerprint density at radius 2 is 2.09 bits per heavy atom. The second kappa shape index (κ2) is 5.96. The molecule has 0 radical (unpaired) electrons. The number of carbonyl (C=O) groups is 1. The van der Waals surface area contributed by atoms with Gasteiger partial charge in [-0.1, -0.05) is 11.6 Å². The van der Waals surface area contributed by atoms with Crippen molar-refractivity contribution in [2.24, 2.45) is 0 Å². The van der Waals surface area contributed by atoms with E-state index in [0.717, 1.165) is 11.1 Å². The summed E-state index contributed by atoms with van der Waals surface area (Å²) in [7, 11) is 0. The Kier molecular flexibility index (Phi) is 4.00. The Hall–Kier alpha value is -2.47. The standard InChI is InChI=1S/C16H16ClN5O/c1-9(2)22-10(3)6-13(21-22)16(23)20-14-5-4-11-7-12(17)8-18-15(11)19-14/h4-9H,1-3H3,(H,18,19,20,23). The molecule has 0 aromatic carbocycles. The zero-order chi connectivity index (χ0) is 16.6. The van der Waals surface area contributed by atoms with Gasteiger partial charge in [-0.15, -0.1) is 0 Å². The molecule has 118 valence electrons. The normalized spacial score (nSPS) is 11.2. The maximum atomic E-state index is 12.3. The third-order valence-electron chi connectivity index (χ3n) is 3.39. The Morgan fingerprint density at radius 1 is 1.30 bits per heavy atom. The van der Waals surface area contributed by atoms with Crippen LogP contribution in [-0.4, -0.2) is 25.7 Å². The van der Waals surface area contributed by atoms with E-state index >= 15 is 0 Å². The predicted octanol–water partition coefficient (Wildman–Crippen LogP) is 3.62. The third-order valence-corrected chi connectivity index (χ3v) is 3.60. The van der Waals surface area contributed by atoms with Gasteiger partial charge in [-0.2, -0.15) is 5.10 Å². The minimum Gasteiger partial charge on any atom is -0.305 e. The maximum Gasteiger partial charge on any atom is 0.277 e. The summed E-state index contributed by atoms with van der Waals surface area (Å²) in [6.07, 6.45) is 1.52. The number of amides is 1. The molecule has 0 aliphatic heterocycles. The zero-order valence-corrected chi connectivity index (χ0v) is 13.8. The molecule has 0 fully saturated rings. The van der Waals surface area contributed by atoms with E-state index in [1.54, 1.807) is 18.2 Å². The number of anilines is 1. The van der Waals surface area contributed by atoms with Crippen molar-refractivity contribution in [3.8, 4) is 0 Å². The number of rotatable bonds is 3. The van der Waals surface area contributed by atoms with Crippen molar-refractivity contribution < 1.29 is 4.79 Å². The summed E-state index contributed by atoms with van der Waals surface area (Å²) in [4.78, 5) is 20.8. The molecule has 0 bridgehead atoms. The minimum atomic E-state index is -0.298. The van der Waals surface area contributed by atoms with E-state index in [2.05, 4.69) is 20.4 Å². The van der Waals surface area contributed by atoms with Crippen LogP contribution in [0.4, 0.5) is 5.82 Å². The molecule has 3 heterocycles. The zero-order valence-electron chi connectivity index (χ0n) is 13.0. The molecule has 1 N–H and O–H groups in total. The Balaban J connectivity index is 1.85. The number of fused-ring (bicyclic) bond motifs is 1. The molecular formula is C16H16ClN5O. The van der Waals surface area contributed by atoms with E-state index in [0.29, 0.717) is 22.2 Å². The van der Waals surface area contributed by atoms with Gasteiger partial charge in [0.15, 0.2) is 11.3 Å². The molecule has 0 aliphatic rings. The number of hydrogen-bond donors (Lipinski definition) is 1. The van der Waals surface area contributed by atoms with Gasteiger partial charge in [-0.3, -0.25) is 9.48 Å². The Morgan fingerprint density at radius 3 is 2.78 bits per heavy atom. The Labute approximate surface area is 138 Å². The lowest BCUT2D eigenvalue weighted by Gasteiger charge is -2.07. The number of nitrogens with one attached hydrogen (secondary N) is 1. The number of halogens is 1. The highest BCUT2D eigenvalue weighted by atomic mass is 35.5. The van der Waals surface area contributed by atoms with Gasteiger partial charge < -0.3 is 5.32 Å². The number of nitrogens with zero attached hydrogens (tertiary/aromatic N) is 4. The lowest BCUT2D eigenvalue weighted by molar-refractivity contribution is 0.102. The molecule has 0 aliphatic carbocycles. The van der Waals surface area contributed by atoms with Gasteiger partial charge in [0.2, 0.25) is 0 Å². The fourth-order valence-corrected chi connectivity index (χ4v) is 2.52. The van der Waals surface area contributed by atoms with Gasteiger partial charge in [-0.05, 0) is 45.0 Å². The van der Waals surface area contributed by atoms with Crippen molar-refractivity contribution in [2.75, 3.05) is 5.32 Å². The summed E-state index contributed by atoms with van der Waals surface area (Å²) in [6, 6.07) is 7.26. The highest BCUT2D eigenvalue weighted by Gasteiger charge is 2.14. The molecule has 0 saturated carbocycles. The highest BCUT2D eigenvalue weighted by molar-refractivity contribution is 6.31. The quantitative estimate of drug-likeness (QED) is 0.796. The van der Waals surface area contributed by atoms with Gasteiger partial charge in [0.1, 0.15) is 5.82 Å². The molecule has 7 heteroatoms. The molecule has 23 heavy (non-hydrogen) atoms. The van der Waals surface area contributed by atoms with Crippen LogP contribution in [0.5, 0.6) is 0 Å². The molecule has 3 aromatic rings. The van der Waals surface area contributed by atoms with Gasteiger partial charge in [0.25, 0.3) is 5.91 Å². The van der Waals surface area contributed by atoms with Crippen molar-refractivity contribution in [3.63, 3.8) is 0 Å². The number of hydrogen-bond acceptors (Lipinski definition) is 4. The summed E-state index contributed by atoms with van der Waals surface area (Å²) in [5, 5.41) is 8.43. The fraction of sp³-hybridized carbons (Fsp3) is 0.250. The SMILES string of the molecule is Cc1cc(C(=O)Nc2ccc3cc(Cl)cnc3n2)nn1C(C)C. The lowest BCUT2D eigenvalue weighted by Crippen LogP contribution is -2.15. The summed E-state index contributed by atoms with van der Waals surface area (Å²) in [6.45, 7) is 5.96. The second-order valence-electron chi connectivity index (χ2n) is 5.56. The van der Waals surface area contributed by atoms with Crippen molar-refractivity contribution in [3.05, 3.63) is 46.9 Å². The molecule has 3 aromatic heterocycles. The average molecular weight is 330 g/mol. The van der Waals surface area contributed by atoms with E-state index in [9.17, 15) is 4.79 Å². The maximum absolute atomic E-state index is 12.3. The van der Waals surface area contributed by atoms with Gasteiger partial charge in [0, 0.05) is 23.3 Å². The largest absolute Gasteiger partial charge is 0.305 e. The van der Waals surface area contributed by atoms with E-state index in [4.69, 9.17) is 11.6 Å². The molecule has 3 rings (SSSR count). The van der Waals surface area contributed by atoms with Crippen molar-refractivity contribution in [1.82, 2.24) is 19.7 Å². The lowest BCUT2D eigenvalue weighted by atomic mass is 10.3. The molecule has 0 unspecified atom stereocenters. The first kappa shape index (κ1) is 15.4. The van der Waals surface area contributed by atoms with E-state index in [1.165, 1.54) is 6.20 Å². The summed E-state index contributed by atoms with van der Waals surface area (Å²) >= 11 is 5.89. The topological polar surface area (TPSA) is 72.7 Å². The summed E-state index contributed by atoms with van der Waals surface area (Å²) in [5.41, 5.74) is 1.83. The van der Waals surface area contributed by atoms with Crippen LogP contribution in [0.25, 0.3) is 11.0 Å². The third kappa shape index (κ3) is 3.17. The minimum absolute atomic E-state index is 0.198. The van der Waals surface area contributed by atoms with Crippen molar-refractivity contribution in [2.45, 2.75) is 26.8 Å². The van der Waals surface area contributed by atoms with Crippen molar-refractivity contribution >= 4 is 34.4 Å². The van der Waals surface area contributed by atoms with Crippen LogP contribution in [0.1, 0.15) is 36.1 Å². The van der Waals surface area contributed by atoms with Crippen LogP contribution in [0.3, 0.4) is 0 Å². The van der Waals surface area contributed by atoms with Crippen LogP contribution in [0.15, 0.2) is 30.5 Å². The molecule has 1 amide bonds. The van der Waals surface area contributed by atoms with E-state index < -0.39 is 0 Å². The predicted molar refractivity (Wildman–Crippen MR) is 89.9 cm³/mol. The smallest absolute Gasteiger partial charge is 0.277 e. The number of aryl methyl sites for hydroxylation is 1. The monoisotopic (exact) mass is 329 g/mol. The first-order valence-corrected chi connectivity index (χ1v) is 7.61. The van der Waals surface area contributed by atoms with Crippen LogP contribution in [0.2, 0.25) is 5.02 Å². The van der Waals surface area contributed by atoms with Gasteiger partial charge in [0.05, 0.1) is 5.02 Å². The number of aromatic nitrogens is 4. The molecular weight excluding hydrogens is 314 g/mol. The van der Waals surface area contributed by atoms with Crippen LogP contribution < -0.4 is 5.32 Å². The van der Waals surface area contributed by atoms with Gasteiger partial charge >= 0.3 is 0 Å². The molecule has 0 atom stereocenters. The van der Waals surface area contributed by atoms with Crippen LogP contribution in [0, 0.1) is 6.92 Å². The van der Waals surface area contributed by atoms with Crippen molar-refractivity contribution in [1.29, 1.82) is 0 Å². The highest BCUT2D eigenvalue weighted by Crippen LogP contribution is 2.18. The molecule has 0 saturated heterocycles. The summed E-state index contributed by atoms with van der Waals surface area (Å²) < 4.78 is 1.81. The molecule has 0 spiro atoms. The summed E-state index contributed by atoms with van der Waals surface area (Å²) in [5.74, 6) is 0.127. The molecule has 6 nitrogen and oxygen atoms in total. The van der Waals surface area contributed by atoms with Crippen LogP contribution >= 0.6 is 11.6 Å². The first-order valence-electron chi connectivity index (χ1n) is 7.24. The number of carbonyl (C=O) groups excluding carboxylic acids is 1. The number of pyridine rings is 2. The first-order chi connectivity index (χ1) is 10.9.